The first-order valence-corrected chi connectivity index (χ1v) is 14.0. The molecular weight excluding hydrogens is 612 g/mol. The lowest BCUT2D eigenvalue weighted by molar-refractivity contribution is -0.231. The van der Waals surface area contributed by atoms with Crippen LogP contribution in [0.15, 0.2) is 21.3 Å². The molecular formula is C30H40N2O14. The molecule has 4 aliphatic rings. The van der Waals surface area contributed by atoms with Gasteiger partial charge in [-0.1, -0.05) is 13.8 Å². The Bertz CT molecular complexity index is 1230. The molecule has 46 heavy (non-hydrogen) atoms. The van der Waals surface area contributed by atoms with Crippen molar-refractivity contribution in [1.29, 1.82) is 0 Å². The third kappa shape index (κ3) is 16.8. The highest BCUT2D eigenvalue weighted by atomic mass is 16.7. The molecule has 254 valence electrons. The van der Waals surface area contributed by atoms with Crippen LogP contribution in [-0.2, 0) is 52.6 Å². The van der Waals surface area contributed by atoms with Gasteiger partial charge in [-0.05, 0) is 26.2 Å². The molecule has 4 fully saturated rings. The molecule has 1 aliphatic carbocycles. The topological polar surface area (TPSA) is 239 Å². The first-order chi connectivity index (χ1) is 21.0. The normalized spacial score (nSPS) is 20.5. The van der Waals surface area contributed by atoms with Crippen LogP contribution in [0.25, 0.3) is 0 Å². The molecule has 0 unspecified atom stereocenters. The Labute approximate surface area is 264 Å². The van der Waals surface area contributed by atoms with Crippen molar-refractivity contribution in [2.24, 2.45) is 5.41 Å². The number of rotatable bonds is 0. The summed E-state index contributed by atoms with van der Waals surface area (Å²) in [5.74, 6) is -2.52. The van der Waals surface area contributed by atoms with E-state index < -0.39 is 35.0 Å². The van der Waals surface area contributed by atoms with E-state index in [-0.39, 0.29) is 72.6 Å². The molecule has 1 aromatic rings. The predicted octanol–water partition coefficient (Wildman–Crippen LogP) is 1.06. The lowest BCUT2D eigenvalue weighted by Crippen LogP contribution is -2.61. The molecule has 0 aromatic carbocycles. The van der Waals surface area contributed by atoms with E-state index in [9.17, 15) is 43.2 Å². The SMILES string of the molecule is CC1(C)CC(=O)CC(=O)C1.CC1(C)NC(=O)CC(=O)N1.CC1(C)OC(=O)CC(=O)O1.Cc1cc(O)cc(=O)o1.O=C1COC(=O)C1. The smallest absolute Gasteiger partial charge is 0.339 e. The average molecular weight is 653 g/mol. The summed E-state index contributed by atoms with van der Waals surface area (Å²) in [6, 6.07) is 2.40. The number of cyclic esters (lactones) is 3. The quantitative estimate of drug-likeness (QED) is 0.262. The summed E-state index contributed by atoms with van der Waals surface area (Å²) in [6.07, 6.45) is 0.952. The van der Waals surface area contributed by atoms with E-state index in [0.717, 1.165) is 6.07 Å². The molecule has 0 radical (unpaired) electrons. The lowest BCUT2D eigenvalue weighted by atomic mass is 9.76. The molecule has 4 heterocycles. The monoisotopic (exact) mass is 652 g/mol. The first-order valence-electron chi connectivity index (χ1n) is 14.0. The number of amides is 2. The minimum absolute atomic E-state index is 0.0150. The van der Waals surface area contributed by atoms with Gasteiger partial charge in [0.25, 0.3) is 5.79 Å². The number of esters is 3. The van der Waals surface area contributed by atoms with Crippen molar-refractivity contribution in [3.8, 4) is 5.75 Å². The summed E-state index contributed by atoms with van der Waals surface area (Å²) in [5, 5.41) is 14.0. The molecule has 2 amide bonds. The average Bonchev–Trinajstić information content (AvgIpc) is 3.17. The van der Waals surface area contributed by atoms with Gasteiger partial charge in [0, 0.05) is 32.8 Å². The molecule has 0 bridgehead atoms. The van der Waals surface area contributed by atoms with Gasteiger partial charge in [0.2, 0.25) is 11.8 Å². The maximum atomic E-state index is 10.9. The maximum Gasteiger partial charge on any atom is 0.339 e. The molecule has 0 atom stereocenters. The Kier molecular flexibility index (Phi) is 14.0. The van der Waals surface area contributed by atoms with Crippen molar-refractivity contribution in [3.05, 3.63) is 28.3 Å². The zero-order valence-corrected chi connectivity index (χ0v) is 26.9. The highest BCUT2D eigenvalue weighted by Crippen LogP contribution is 2.30. The Hall–Kier alpha value is -4.89. The zero-order chi connectivity index (χ0) is 35.5. The van der Waals surface area contributed by atoms with Crippen LogP contribution in [0.5, 0.6) is 5.75 Å². The molecule has 3 saturated heterocycles. The lowest BCUT2D eigenvalue weighted by Gasteiger charge is -2.31. The van der Waals surface area contributed by atoms with Crippen molar-refractivity contribution in [1.82, 2.24) is 10.6 Å². The first kappa shape index (κ1) is 39.1. The van der Waals surface area contributed by atoms with E-state index in [4.69, 9.17) is 5.11 Å². The third-order valence-electron chi connectivity index (χ3n) is 5.59. The summed E-state index contributed by atoms with van der Waals surface area (Å²) in [5.41, 5.74) is -1.17. The van der Waals surface area contributed by atoms with Crippen LogP contribution in [0.4, 0.5) is 0 Å². The molecule has 16 heteroatoms. The number of hydrogen-bond acceptors (Lipinski definition) is 14. The number of carbonyl (C=O) groups excluding carboxylic acids is 8. The number of aromatic hydroxyl groups is 1. The molecule has 3 N–H and O–H groups in total. The Morgan fingerprint density at radius 3 is 1.46 bits per heavy atom. The number of ether oxygens (including phenoxy) is 3. The molecule has 1 saturated carbocycles. The minimum Gasteiger partial charge on any atom is -0.508 e. The van der Waals surface area contributed by atoms with Gasteiger partial charge in [0.15, 0.2) is 12.4 Å². The third-order valence-corrected chi connectivity index (χ3v) is 5.59. The standard InChI is InChI=1S/C8H12O2.C6H10N2O2.C6H8O4.C6H6O3.C4H4O3/c1-8(2)4-6(9)3-7(10)5-8;1-6(2)7-4(9)3-5(10)8-6;1-6(2)9-4(7)3-5(8)10-6;1-4-2-5(7)3-6(8)9-4;5-3-1-4(6)7-2-3/h3-5H2,1-2H3;3H2,1-2H3,(H,7,9)(H,8,10);3H2,1-2H3;2-3,7H,1H3;1-2H2. The second-order valence-electron chi connectivity index (χ2n) is 12.3. The Morgan fingerprint density at radius 2 is 1.15 bits per heavy atom. The van der Waals surface area contributed by atoms with Gasteiger partial charge in [-0.3, -0.25) is 38.4 Å². The van der Waals surface area contributed by atoms with Crippen LogP contribution in [0, 0.1) is 12.3 Å². The van der Waals surface area contributed by atoms with Gasteiger partial charge in [-0.2, -0.15) is 0 Å². The van der Waals surface area contributed by atoms with Crippen molar-refractivity contribution in [2.45, 2.75) is 98.4 Å². The molecule has 16 nitrogen and oxygen atoms in total. The number of Topliss-reactive ketones (excluding diaryl/α,β-unsaturated/α-hetero) is 3. The number of carbonyl (C=O) groups is 8. The van der Waals surface area contributed by atoms with Crippen LogP contribution >= 0.6 is 0 Å². The van der Waals surface area contributed by atoms with Gasteiger partial charge in [-0.25, -0.2) is 4.79 Å². The van der Waals surface area contributed by atoms with Gasteiger partial charge >= 0.3 is 23.5 Å². The van der Waals surface area contributed by atoms with E-state index >= 15 is 0 Å². The van der Waals surface area contributed by atoms with Gasteiger partial charge < -0.3 is 34.4 Å². The number of nitrogens with one attached hydrogen (secondary N) is 2. The fraction of sp³-hybridized carbons (Fsp3) is 0.567. The molecule has 5 rings (SSSR count). The van der Waals surface area contributed by atoms with Gasteiger partial charge in [-0.15, -0.1) is 0 Å². The van der Waals surface area contributed by atoms with E-state index in [1.807, 2.05) is 13.8 Å². The van der Waals surface area contributed by atoms with E-state index in [1.165, 1.54) is 19.9 Å². The molecule has 1 aromatic heterocycles. The fourth-order valence-corrected chi connectivity index (χ4v) is 4.21. The number of aryl methyl sites for hydroxylation is 1. The second kappa shape index (κ2) is 16.4. The van der Waals surface area contributed by atoms with Crippen LogP contribution in [-0.4, -0.2) is 70.2 Å². The summed E-state index contributed by atoms with van der Waals surface area (Å²) < 4.78 is 18.1. The molecule has 3 aliphatic heterocycles. The number of hydrogen-bond donors (Lipinski definition) is 3. The van der Waals surface area contributed by atoms with Crippen molar-refractivity contribution >= 4 is 47.1 Å². The summed E-state index contributed by atoms with van der Waals surface area (Å²) >= 11 is 0. The highest BCUT2D eigenvalue weighted by molar-refractivity contribution is 6.02. The van der Waals surface area contributed by atoms with Gasteiger partial charge in [0.05, 0.1) is 12.5 Å². The largest absolute Gasteiger partial charge is 0.508 e. The van der Waals surface area contributed by atoms with Crippen molar-refractivity contribution < 1.29 is 62.1 Å². The Balaban J connectivity index is 0.000000289. The van der Waals surface area contributed by atoms with Crippen molar-refractivity contribution in [3.63, 3.8) is 0 Å². The minimum atomic E-state index is -1.08. The maximum absolute atomic E-state index is 10.9. The van der Waals surface area contributed by atoms with Crippen LogP contribution in [0.3, 0.4) is 0 Å². The summed E-state index contributed by atoms with van der Waals surface area (Å²) in [7, 11) is 0. The predicted molar refractivity (Wildman–Crippen MR) is 155 cm³/mol. The van der Waals surface area contributed by atoms with Crippen LogP contribution in [0.2, 0.25) is 0 Å². The van der Waals surface area contributed by atoms with E-state index in [1.54, 1.807) is 20.8 Å². The highest BCUT2D eigenvalue weighted by Gasteiger charge is 2.34. The summed E-state index contributed by atoms with van der Waals surface area (Å²) in [4.78, 5) is 94.8. The van der Waals surface area contributed by atoms with E-state index in [0.29, 0.717) is 18.6 Å². The van der Waals surface area contributed by atoms with Crippen molar-refractivity contribution in [2.75, 3.05) is 6.61 Å². The Morgan fingerprint density at radius 1 is 0.652 bits per heavy atom. The second-order valence-corrected chi connectivity index (χ2v) is 12.3. The molecule has 0 spiro atoms. The van der Waals surface area contributed by atoms with Gasteiger partial charge in [0.1, 0.15) is 48.0 Å². The van der Waals surface area contributed by atoms with E-state index in [2.05, 4.69) is 29.3 Å². The van der Waals surface area contributed by atoms with Crippen LogP contribution in [0.1, 0.15) is 85.8 Å². The zero-order valence-electron chi connectivity index (χ0n) is 26.9. The summed E-state index contributed by atoms with van der Waals surface area (Å²) in [6.45, 7) is 12.0. The van der Waals surface area contributed by atoms with Crippen LogP contribution < -0.4 is 16.3 Å². The fourth-order valence-electron chi connectivity index (χ4n) is 4.21. The number of ketones is 3.